The molecule has 0 aliphatic carbocycles. The third kappa shape index (κ3) is 3.14. The zero-order chi connectivity index (χ0) is 14.8. The molecule has 1 aliphatic heterocycles. The number of nitrogens with zero attached hydrogens (tertiary/aromatic N) is 1. The number of aliphatic hydroxyl groups is 2. The van der Waals surface area contributed by atoms with Gasteiger partial charge in [0.15, 0.2) is 24.3 Å². The van der Waals surface area contributed by atoms with Gasteiger partial charge in [0.2, 0.25) is 5.91 Å². The van der Waals surface area contributed by atoms with Crippen molar-refractivity contribution in [2.45, 2.75) is 38.2 Å². The zero-order valence-corrected chi connectivity index (χ0v) is 10.4. The maximum Gasteiger partial charge on any atom is 0.263 e. The van der Waals surface area contributed by atoms with Crippen LogP contribution >= 0.6 is 0 Å². The molecule has 4 atom stereocenters. The van der Waals surface area contributed by atoms with Gasteiger partial charge < -0.3 is 14.9 Å². The Labute approximate surface area is 108 Å². The fraction of sp³-hybridized carbons (Fsp3) is 0.636. The molecule has 0 spiro atoms. The summed E-state index contributed by atoms with van der Waals surface area (Å²) in [5.74, 6) is -4.10. The molecule has 1 aliphatic rings. The second-order valence-electron chi connectivity index (χ2n) is 4.19. The van der Waals surface area contributed by atoms with Crippen molar-refractivity contribution in [3.05, 3.63) is 12.3 Å². The molecule has 0 aromatic heterocycles. The van der Waals surface area contributed by atoms with E-state index in [1.807, 2.05) is 0 Å². The Morgan fingerprint density at radius 3 is 2.42 bits per heavy atom. The molecular formula is C11H15F2NO5. The second kappa shape index (κ2) is 5.72. The van der Waals surface area contributed by atoms with E-state index < -0.39 is 42.7 Å². The number of hydrogen-bond acceptors (Lipinski definition) is 5. The molecule has 0 saturated carbocycles. The number of rotatable bonds is 4. The van der Waals surface area contributed by atoms with Crippen molar-refractivity contribution in [2.75, 3.05) is 6.61 Å². The SMILES string of the molecule is CC(=O)/C=C\N(C(C)=O)[C@@H]1O[C@](F)(CO)[C@@H](O)[C@H]1F. The summed E-state index contributed by atoms with van der Waals surface area (Å²) in [4.78, 5) is 22.8. The number of carbonyl (C=O) groups excluding carboxylic acids is 2. The lowest BCUT2D eigenvalue weighted by Crippen LogP contribution is -2.42. The maximum absolute atomic E-state index is 13.8. The number of aliphatic hydroxyl groups excluding tert-OH is 2. The molecule has 0 radical (unpaired) electrons. The molecule has 1 amide bonds. The molecule has 8 heteroatoms. The summed E-state index contributed by atoms with van der Waals surface area (Å²) in [5.41, 5.74) is 0. The average Bonchev–Trinajstić information content (AvgIpc) is 2.55. The van der Waals surface area contributed by atoms with Gasteiger partial charge in [0.25, 0.3) is 5.85 Å². The minimum atomic E-state index is -2.98. The number of alkyl halides is 2. The number of halogens is 2. The highest BCUT2D eigenvalue weighted by atomic mass is 19.2. The first-order chi connectivity index (χ1) is 8.73. The summed E-state index contributed by atoms with van der Waals surface area (Å²) in [6.07, 6.45) is -4.31. The first-order valence-electron chi connectivity index (χ1n) is 5.50. The smallest absolute Gasteiger partial charge is 0.263 e. The third-order valence-corrected chi connectivity index (χ3v) is 2.66. The first kappa shape index (κ1) is 15.7. The maximum atomic E-state index is 13.8. The van der Waals surface area contributed by atoms with E-state index in [1.54, 1.807) is 0 Å². The fourth-order valence-electron chi connectivity index (χ4n) is 1.62. The van der Waals surface area contributed by atoms with Crippen LogP contribution in [0, 0.1) is 0 Å². The van der Waals surface area contributed by atoms with E-state index in [2.05, 4.69) is 4.74 Å². The first-order valence-corrected chi connectivity index (χ1v) is 5.50. The van der Waals surface area contributed by atoms with E-state index in [-0.39, 0.29) is 0 Å². The molecule has 1 heterocycles. The molecule has 0 aromatic rings. The van der Waals surface area contributed by atoms with Gasteiger partial charge >= 0.3 is 0 Å². The molecule has 108 valence electrons. The molecule has 0 aromatic carbocycles. The van der Waals surface area contributed by atoms with Gasteiger partial charge in [-0.05, 0) is 13.0 Å². The predicted molar refractivity (Wildman–Crippen MR) is 59.0 cm³/mol. The summed E-state index contributed by atoms with van der Waals surface area (Å²) >= 11 is 0. The largest absolute Gasteiger partial charge is 0.390 e. The van der Waals surface area contributed by atoms with E-state index in [4.69, 9.17) is 5.11 Å². The van der Waals surface area contributed by atoms with E-state index in [1.165, 1.54) is 6.92 Å². The number of ketones is 1. The highest BCUT2D eigenvalue weighted by Crippen LogP contribution is 2.35. The van der Waals surface area contributed by atoms with E-state index in [9.17, 15) is 23.5 Å². The standard InChI is InChI=1S/C11H15F2NO5/c1-6(16)3-4-14(7(2)17)10-8(12)9(18)11(13,5-15)19-10/h3-4,8-10,15,18H,5H2,1-2H3/b4-3-/t8-,9+,10-,11-/m1/s1. The molecule has 1 saturated heterocycles. The zero-order valence-electron chi connectivity index (χ0n) is 10.4. The molecule has 1 fully saturated rings. The van der Waals surface area contributed by atoms with Crippen molar-refractivity contribution in [3.8, 4) is 0 Å². The summed E-state index contributed by atoms with van der Waals surface area (Å²) in [6.45, 7) is 1.01. The molecular weight excluding hydrogens is 264 g/mol. The Kier molecular flexibility index (Phi) is 4.72. The number of ether oxygens (including phenoxy) is 1. The van der Waals surface area contributed by atoms with Gasteiger partial charge in [-0.2, -0.15) is 0 Å². The summed E-state index contributed by atoms with van der Waals surface area (Å²) in [7, 11) is 0. The van der Waals surface area contributed by atoms with Gasteiger partial charge in [-0.25, -0.2) is 8.78 Å². The molecule has 2 N–H and O–H groups in total. The van der Waals surface area contributed by atoms with Crippen LogP contribution in [0.4, 0.5) is 8.78 Å². The van der Waals surface area contributed by atoms with Crippen LogP contribution in [0.15, 0.2) is 12.3 Å². The third-order valence-electron chi connectivity index (χ3n) is 2.66. The molecule has 0 unspecified atom stereocenters. The van der Waals surface area contributed by atoms with Crippen LogP contribution in [0.2, 0.25) is 0 Å². The quantitative estimate of drug-likeness (QED) is 0.687. The highest BCUT2D eigenvalue weighted by Gasteiger charge is 2.58. The summed E-state index contributed by atoms with van der Waals surface area (Å²) in [5, 5.41) is 18.1. The minimum absolute atomic E-state index is 0.408. The van der Waals surface area contributed by atoms with Gasteiger partial charge in [0, 0.05) is 13.1 Å². The Balaban J connectivity index is 2.99. The lowest BCUT2D eigenvalue weighted by Gasteiger charge is -2.25. The van der Waals surface area contributed by atoms with E-state index >= 15 is 0 Å². The number of carbonyl (C=O) groups is 2. The highest BCUT2D eigenvalue weighted by molar-refractivity contribution is 5.87. The molecule has 0 bridgehead atoms. The Hall–Kier alpha value is -1.38. The number of allylic oxidation sites excluding steroid dienone is 1. The molecule has 6 nitrogen and oxygen atoms in total. The van der Waals surface area contributed by atoms with Gasteiger partial charge in [0.1, 0.15) is 6.61 Å². The van der Waals surface area contributed by atoms with Crippen molar-refractivity contribution in [3.63, 3.8) is 0 Å². The number of hydrogen-bond donors (Lipinski definition) is 2. The van der Waals surface area contributed by atoms with Gasteiger partial charge in [-0.1, -0.05) is 0 Å². The van der Waals surface area contributed by atoms with E-state index in [0.29, 0.717) is 4.90 Å². The monoisotopic (exact) mass is 279 g/mol. The summed E-state index contributed by atoms with van der Waals surface area (Å²) in [6, 6.07) is 0. The lowest BCUT2D eigenvalue weighted by molar-refractivity contribution is -0.212. The Bertz CT molecular complexity index is 403. The van der Waals surface area contributed by atoms with Crippen LogP contribution < -0.4 is 0 Å². The van der Waals surface area contributed by atoms with Crippen molar-refractivity contribution < 1.29 is 33.3 Å². The second-order valence-corrected chi connectivity index (χ2v) is 4.19. The Morgan fingerprint density at radius 2 is 2.05 bits per heavy atom. The van der Waals surface area contributed by atoms with Gasteiger partial charge in [0.05, 0.1) is 0 Å². The fourth-order valence-corrected chi connectivity index (χ4v) is 1.62. The van der Waals surface area contributed by atoms with E-state index in [0.717, 1.165) is 19.2 Å². The van der Waals surface area contributed by atoms with Crippen LogP contribution in [0.3, 0.4) is 0 Å². The average molecular weight is 279 g/mol. The van der Waals surface area contributed by atoms with Crippen molar-refractivity contribution in [2.24, 2.45) is 0 Å². The van der Waals surface area contributed by atoms with Crippen LogP contribution in [0.5, 0.6) is 0 Å². The number of amides is 1. The van der Waals surface area contributed by atoms with Crippen molar-refractivity contribution in [1.29, 1.82) is 0 Å². The topological polar surface area (TPSA) is 87.1 Å². The van der Waals surface area contributed by atoms with Crippen LogP contribution in [-0.2, 0) is 14.3 Å². The Morgan fingerprint density at radius 1 is 1.47 bits per heavy atom. The normalized spacial score (nSPS) is 34.7. The van der Waals surface area contributed by atoms with Crippen LogP contribution in [0.25, 0.3) is 0 Å². The van der Waals surface area contributed by atoms with Crippen LogP contribution in [0.1, 0.15) is 13.8 Å². The molecule has 19 heavy (non-hydrogen) atoms. The predicted octanol–water partition coefficient (Wildman–Crippen LogP) is -0.349. The van der Waals surface area contributed by atoms with Crippen molar-refractivity contribution >= 4 is 11.7 Å². The van der Waals surface area contributed by atoms with Gasteiger partial charge in [-0.3, -0.25) is 14.5 Å². The molecule has 1 rings (SSSR count). The summed E-state index contributed by atoms with van der Waals surface area (Å²) < 4.78 is 32.1. The lowest BCUT2D eigenvalue weighted by atomic mass is 10.1. The minimum Gasteiger partial charge on any atom is -0.390 e. The van der Waals surface area contributed by atoms with Gasteiger partial charge in [-0.15, -0.1) is 0 Å². The van der Waals surface area contributed by atoms with Crippen molar-refractivity contribution in [1.82, 2.24) is 4.90 Å². The van der Waals surface area contributed by atoms with Crippen LogP contribution in [-0.4, -0.2) is 57.8 Å².